The number of amides is 1. The van der Waals surface area contributed by atoms with Gasteiger partial charge >= 0.3 is 6.09 Å². The largest absolute Gasteiger partial charge is 0.444 e. The van der Waals surface area contributed by atoms with E-state index in [0.717, 1.165) is 32.2 Å². The molecule has 0 aromatic rings. The standard InChI is InChI=1S/C13H23NO3/c1-12(2,3)17-11(16)14-8-4-6-13(14)7-5-10(15)9-13/h10,15H,4-9H2,1-3H3/t10-,13-/m1/s1. The lowest BCUT2D eigenvalue weighted by Crippen LogP contribution is -2.47. The Labute approximate surface area is 103 Å². The summed E-state index contributed by atoms with van der Waals surface area (Å²) in [6.07, 6.45) is 3.98. The predicted octanol–water partition coefficient (Wildman–Crippen LogP) is 2.30. The number of likely N-dealkylation sites (tertiary alicyclic amines) is 1. The third kappa shape index (κ3) is 2.57. The number of rotatable bonds is 0. The van der Waals surface area contributed by atoms with Gasteiger partial charge in [0.25, 0.3) is 0 Å². The van der Waals surface area contributed by atoms with Gasteiger partial charge in [0, 0.05) is 12.1 Å². The normalized spacial score (nSPS) is 33.4. The molecule has 98 valence electrons. The maximum absolute atomic E-state index is 12.2. The first kappa shape index (κ1) is 12.7. The molecule has 1 saturated carbocycles. The van der Waals surface area contributed by atoms with E-state index in [0.29, 0.717) is 6.42 Å². The van der Waals surface area contributed by atoms with Crippen LogP contribution in [0.25, 0.3) is 0 Å². The van der Waals surface area contributed by atoms with E-state index in [9.17, 15) is 9.90 Å². The van der Waals surface area contributed by atoms with Crippen molar-refractivity contribution in [3.63, 3.8) is 0 Å². The van der Waals surface area contributed by atoms with E-state index >= 15 is 0 Å². The van der Waals surface area contributed by atoms with Crippen LogP contribution < -0.4 is 0 Å². The fourth-order valence-electron chi connectivity index (χ4n) is 3.09. The molecule has 1 spiro atoms. The zero-order chi connectivity index (χ0) is 12.7. The van der Waals surface area contributed by atoms with Gasteiger partial charge in [-0.25, -0.2) is 4.79 Å². The molecule has 0 radical (unpaired) electrons. The molecule has 1 aliphatic carbocycles. The summed E-state index contributed by atoms with van der Waals surface area (Å²) in [5.74, 6) is 0. The van der Waals surface area contributed by atoms with Gasteiger partial charge in [-0.3, -0.25) is 0 Å². The lowest BCUT2D eigenvalue weighted by molar-refractivity contribution is 0.00677. The highest BCUT2D eigenvalue weighted by molar-refractivity contribution is 5.69. The molecule has 4 nitrogen and oxygen atoms in total. The molecule has 0 aromatic carbocycles. The molecule has 2 aliphatic rings. The van der Waals surface area contributed by atoms with E-state index in [1.54, 1.807) is 0 Å². The SMILES string of the molecule is CC(C)(C)OC(=O)N1CCC[C@]12CC[C@@H](O)C2. The molecule has 2 atom stereocenters. The third-order valence-electron chi connectivity index (χ3n) is 3.77. The van der Waals surface area contributed by atoms with E-state index < -0.39 is 5.60 Å². The van der Waals surface area contributed by atoms with Crippen molar-refractivity contribution in [3.05, 3.63) is 0 Å². The van der Waals surface area contributed by atoms with E-state index in [4.69, 9.17) is 4.74 Å². The van der Waals surface area contributed by atoms with Crippen molar-refractivity contribution in [1.29, 1.82) is 0 Å². The molecule has 1 aliphatic heterocycles. The molecule has 17 heavy (non-hydrogen) atoms. The van der Waals surface area contributed by atoms with Crippen LogP contribution in [-0.4, -0.2) is 39.9 Å². The van der Waals surface area contributed by atoms with Crippen LogP contribution in [0.3, 0.4) is 0 Å². The Morgan fingerprint density at radius 3 is 2.65 bits per heavy atom. The maximum atomic E-state index is 12.2. The zero-order valence-corrected chi connectivity index (χ0v) is 11.0. The summed E-state index contributed by atoms with van der Waals surface area (Å²) < 4.78 is 5.45. The van der Waals surface area contributed by atoms with Crippen molar-refractivity contribution in [2.24, 2.45) is 0 Å². The molecule has 1 N–H and O–H groups in total. The molecule has 0 aromatic heterocycles. The third-order valence-corrected chi connectivity index (χ3v) is 3.77. The topological polar surface area (TPSA) is 49.8 Å². The summed E-state index contributed by atoms with van der Waals surface area (Å²) in [6, 6.07) is 0. The maximum Gasteiger partial charge on any atom is 0.410 e. The highest BCUT2D eigenvalue weighted by atomic mass is 16.6. The van der Waals surface area contributed by atoms with Gasteiger partial charge in [0.15, 0.2) is 0 Å². The number of hydrogen-bond acceptors (Lipinski definition) is 3. The number of nitrogens with zero attached hydrogens (tertiary/aromatic N) is 1. The van der Waals surface area contributed by atoms with Gasteiger partial charge in [-0.1, -0.05) is 0 Å². The minimum atomic E-state index is -0.446. The predicted molar refractivity (Wildman–Crippen MR) is 64.8 cm³/mol. The second-order valence-corrected chi connectivity index (χ2v) is 6.36. The van der Waals surface area contributed by atoms with Gasteiger partial charge in [-0.15, -0.1) is 0 Å². The number of ether oxygens (including phenoxy) is 1. The smallest absolute Gasteiger partial charge is 0.410 e. The van der Waals surface area contributed by atoms with Crippen LogP contribution in [0.5, 0.6) is 0 Å². The van der Waals surface area contributed by atoms with Gasteiger partial charge in [0.2, 0.25) is 0 Å². The average molecular weight is 241 g/mol. The Bertz CT molecular complexity index is 310. The first-order valence-electron chi connectivity index (χ1n) is 6.51. The zero-order valence-electron chi connectivity index (χ0n) is 11.0. The van der Waals surface area contributed by atoms with Crippen LogP contribution in [0.1, 0.15) is 52.9 Å². The molecule has 2 rings (SSSR count). The summed E-state index contributed by atoms with van der Waals surface area (Å²) in [6.45, 7) is 6.42. The minimum absolute atomic E-state index is 0.123. The summed E-state index contributed by atoms with van der Waals surface area (Å²) in [4.78, 5) is 14.0. The fraction of sp³-hybridized carbons (Fsp3) is 0.923. The lowest BCUT2D eigenvalue weighted by Gasteiger charge is -2.36. The quantitative estimate of drug-likeness (QED) is 0.708. The highest BCUT2D eigenvalue weighted by Crippen LogP contribution is 2.43. The fourth-order valence-corrected chi connectivity index (χ4v) is 3.09. The Morgan fingerprint density at radius 2 is 2.12 bits per heavy atom. The summed E-state index contributed by atoms with van der Waals surface area (Å²) >= 11 is 0. The van der Waals surface area contributed by atoms with E-state index in [-0.39, 0.29) is 17.7 Å². The summed E-state index contributed by atoms with van der Waals surface area (Å²) in [5.41, 5.74) is -0.570. The van der Waals surface area contributed by atoms with Crippen molar-refractivity contribution >= 4 is 6.09 Å². The molecule has 1 saturated heterocycles. The van der Waals surface area contributed by atoms with Gasteiger partial charge in [-0.05, 0) is 52.9 Å². The van der Waals surface area contributed by atoms with Crippen molar-refractivity contribution < 1.29 is 14.6 Å². The van der Waals surface area contributed by atoms with Crippen molar-refractivity contribution in [2.45, 2.75) is 70.1 Å². The minimum Gasteiger partial charge on any atom is -0.444 e. The molecule has 1 heterocycles. The summed E-state index contributed by atoms with van der Waals surface area (Å²) in [7, 11) is 0. The Balaban J connectivity index is 2.07. The van der Waals surface area contributed by atoms with Gasteiger partial charge in [-0.2, -0.15) is 0 Å². The number of aliphatic hydroxyl groups excluding tert-OH is 1. The Kier molecular flexibility index (Phi) is 3.10. The van der Waals surface area contributed by atoms with Crippen LogP contribution >= 0.6 is 0 Å². The van der Waals surface area contributed by atoms with Crippen LogP contribution in [0.2, 0.25) is 0 Å². The second kappa shape index (κ2) is 4.16. The van der Waals surface area contributed by atoms with E-state index in [1.165, 1.54) is 0 Å². The van der Waals surface area contributed by atoms with Crippen molar-refractivity contribution in [1.82, 2.24) is 4.90 Å². The van der Waals surface area contributed by atoms with Crippen LogP contribution in [-0.2, 0) is 4.74 Å². The number of carbonyl (C=O) groups excluding carboxylic acids is 1. The van der Waals surface area contributed by atoms with E-state index in [2.05, 4.69) is 0 Å². The first-order chi connectivity index (χ1) is 7.82. The van der Waals surface area contributed by atoms with Gasteiger partial charge in [0.1, 0.15) is 5.60 Å². The highest BCUT2D eigenvalue weighted by Gasteiger charge is 2.49. The first-order valence-corrected chi connectivity index (χ1v) is 6.51. The van der Waals surface area contributed by atoms with Crippen LogP contribution in [0.4, 0.5) is 4.79 Å². The lowest BCUT2D eigenvalue weighted by atomic mass is 9.94. The molecule has 4 heteroatoms. The summed E-state index contributed by atoms with van der Waals surface area (Å²) in [5, 5.41) is 9.71. The van der Waals surface area contributed by atoms with Gasteiger partial charge < -0.3 is 14.7 Å². The monoisotopic (exact) mass is 241 g/mol. The van der Waals surface area contributed by atoms with E-state index in [1.807, 2.05) is 25.7 Å². The molecule has 1 amide bonds. The number of carbonyl (C=O) groups is 1. The van der Waals surface area contributed by atoms with Crippen LogP contribution in [0.15, 0.2) is 0 Å². The molecular weight excluding hydrogens is 218 g/mol. The van der Waals surface area contributed by atoms with Crippen LogP contribution in [0, 0.1) is 0 Å². The molecule has 2 fully saturated rings. The number of aliphatic hydroxyl groups is 1. The molecule has 0 unspecified atom stereocenters. The van der Waals surface area contributed by atoms with Crippen molar-refractivity contribution in [2.75, 3.05) is 6.54 Å². The van der Waals surface area contributed by atoms with Crippen molar-refractivity contribution in [3.8, 4) is 0 Å². The Morgan fingerprint density at radius 1 is 1.41 bits per heavy atom. The molecule has 0 bridgehead atoms. The molecular formula is C13H23NO3. The van der Waals surface area contributed by atoms with Gasteiger partial charge in [0.05, 0.1) is 6.10 Å². The second-order valence-electron chi connectivity index (χ2n) is 6.36. The number of hydrogen-bond donors (Lipinski definition) is 1. The Hall–Kier alpha value is -0.770. The average Bonchev–Trinajstić information content (AvgIpc) is 2.72.